The zero-order valence-electron chi connectivity index (χ0n) is 12.2. The van der Waals surface area contributed by atoms with E-state index in [1.54, 1.807) is 12.1 Å². The first-order chi connectivity index (χ1) is 9.13. The van der Waals surface area contributed by atoms with Gasteiger partial charge in [0.25, 0.3) is 0 Å². The van der Waals surface area contributed by atoms with Crippen molar-refractivity contribution in [3.05, 3.63) is 29.6 Å². The van der Waals surface area contributed by atoms with Crippen LogP contribution >= 0.6 is 0 Å². The second-order valence-electron chi connectivity index (χ2n) is 5.65. The zero-order chi connectivity index (χ0) is 13.8. The van der Waals surface area contributed by atoms with Crippen molar-refractivity contribution in [2.75, 3.05) is 24.5 Å². The van der Waals surface area contributed by atoms with Gasteiger partial charge in [0, 0.05) is 19.1 Å². The highest BCUT2D eigenvalue weighted by molar-refractivity contribution is 5.54. The Morgan fingerprint density at radius 3 is 2.95 bits per heavy atom. The molecule has 1 aliphatic rings. The second-order valence-corrected chi connectivity index (χ2v) is 5.65. The smallest absolute Gasteiger partial charge is 0.146 e. The summed E-state index contributed by atoms with van der Waals surface area (Å²) in [7, 11) is 0. The summed E-state index contributed by atoms with van der Waals surface area (Å²) in [6.07, 6.45) is 2.22. The highest BCUT2D eigenvalue weighted by Gasteiger charge is 2.24. The van der Waals surface area contributed by atoms with Gasteiger partial charge in [-0.15, -0.1) is 0 Å². The van der Waals surface area contributed by atoms with E-state index in [1.807, 2.05) is 13.0 Å². The third-order valence-electron chi connectivity index (χ3n) is 4.26. The minimum Gasteiger partial charge on any atom is -0.367 e. The number of nitrogens with one attached hydrogen (secondary N) is 1. The summed E-state index contributed by atoms with van der Waals surface area (Å²) in [5.74, 6) is 0.525. The number of benzene rings is 1. The van der Waals surface area contributed by atoms with Crippen molar-refractivity contribution in [2.24, 2.45) is 5.92 Å². The van der Waals surface area contributed by atoms with Crippen LogP contribution < -0.4 is 10.2 Å². The number of para-hydroxylation sites is 1. The molecule has 1 aliphatic heterocycles. The molecule has 2 unspecified atom stereocenters. The number of aryl methyl sites for hydroxylation is 1. The Bertz CT molecular complexity index is 399. The van der Waals surface area contributed by atoms with Gasteiger partial charge in [-0.25, -0.2) is 4.39 Å². The van der Waals surface area contributed by atoms with Crippen molar-refractivity contribution in [2.45, 2.75) is 39.7 Å². The molecule has 3 heteroatoms. The summed E-state index contributed by atoms with van der Waals surface area (Å²) in [5.41, 5.74) is 1.82. The second kappa shape index (κ2) is 6.38. The van der Waals surface area contributed by atoms with Gasteiger partial charge in [-0.1, -0.05) is 32.4 Å². The molecule has 2 nitrogen and oxygen atoms in total. The summed E-state index contributed by atoms with van der Waals surface area (Å²) in [5, 5.41) is 3.61. The molecular formula is C16H25FN2. The maximum Gasteiger partial charge on any atom is 0.146 e. The van der Waals surface area contributed by atoms with E-state index in [2.05, 4.69) is 24.1 Å². The first kappa shape index (κ1) is 14.3. The molecule has 1 saturated heterocycles. The van der Waals surface area contributed by atoms with E-state index in [9.17, 15) is 4.39 Å². The molecule has 0 bridgehead atoms. The molecule has 1 heterocycles. The van der Waals surface area contributed by atoms with Crippen LogP contribution in [0.25, 0.3) is 0 Å². The number of hydrogen-bond donors (Lipinski definition) is 1. The van der Waals surface area contributed by atoms with Crippen molar-refractivity contribution in [3.8, 4) is 0 Å². The molecule has 1 fully saturated rings. The lowest BCUT2D eigenvalue weighted by molar-refractivity contribution is 0.383. The number of hydrogen-bond acceptors (Lipinski definition) is 2. The predicted octanol–water partition coefficient (Wildman–Crippen LogP) is 3.35. The molecule has 2 rings (SSSR count). The Morgan fingerprint density at radius 2 is 2.26 bits per heavy atom. The van der Waals surface area contributed by atoms with Crippen LogP contribution in [0.15, 0.2) is 18.2 Å². The van der Waals surface area contributed by atoms with Crippen LogP contribution in [0.2, 0.25) is 0 Å². The van der Waals surface area contributed by atoms with Crippen molar-refractivity contribution in [1.29, 1.82) is 0 Å². The number of nitrogens with zero attached hydrogens (tertiary/aromatic N) is 1. The highest BCUT2D eigenvalue weighted by Crippen LogP contribution is 2.26. The Balaban J connectivity index is 2.23. The third kappa shape index (κ3) is 3.27. The fourth-order valence-electron chi connectivity index (χ4n) is 2.84. The topological polar surface area (TPSA) is 15.3 Å². The Morgan fingerprint density at radius 1 is 1.47 bits per heavy atom. The fraction of sp³-hybridized carbons (Fsp3) is 0.625. The van der Waals surface area contributed by atoms with E-state index in [1.165, 1.54) is 0 Å². The van der Waals surface area contributed by atoms with E-state index in [-0.39, 0.29) is 5.82 Å². The van der Waals surface area contributed by atoms with Crippen LogP contribution in [-0.2, 0) is 0 Å². The van der Waals surface area contributed by atoms with E-state index < -0.39 is 0 Å². The maximum atomic E-state index is 14.1. The fourth-order valence-corrected chi connectivity index (χ4v) is 2.84. The van der Waals surface area contributed by atoms with Crippen LogP contribution in [0.3, 0.4) is 0 Å². The lowest BCUT2D eigenvalue weighted by Crippen LogP contribution is -2.42. The summed E-state index contributed by atoms with van der Waals surface area (Å²) in [6.45, 7) is 9.35. The zero-order valence-corrected chi connectivity index (χ0v) is 12.2. The molecule has 2 atom stereocenters. The molecule has 1 aromatic carbocycles. The minimum atomic E-state index is -0.0928. The largest absolute Gasteiger partial charge is 0.367 e. The van der Waals surface area contributed by atoms with Crippen LogP contribution in [0.5, 0.6) is 0 Å². The lowest BCUT2D eigenvalue weighted by atomic mass is 9.98. The van der Waals surface area contributed by atoms with Crippen LogP contribution in [-0.4, -0.2) is 25.7 Å². The summed E-state index contributed by atoms with van der Waals surface area (Å²) < 4.78 is 14.1. The predicted molar refractivity (Wildman–Crippen MR) is 79.2 cm³/mol. The van der Waals surface area contributed by atoms with Gasteiger partial charge in [-0.05, 0) is 37.4 Å². The highest BCUT2D eigenvalue weighted by atomic mass is 19.1. The minimum absolute atomic E-state index is 0.0928. The quantitative estimate of drug-likeness (QED) is 0.900. The summed E-state index contributed by atoms with van der Waals surface area (Å²) in [4.78, 5) is 2.22. The molecule has 19 heavy (non-hydrogen) atoms. The van der Waals surface area contributed by atoms with Gasteiger partial charge in [0.2, 0.25) is 0 Å². The molecule has 0 spiro atoms. The molecule has 106 valence electrons. The van der Waals surface area contributed by atoms with E-state index in [0.29, 0.717) is 12.0 Å². The molecular weight excluding hydrogens is 239 g/mol. The van der Waals surface area contributed by atoms with Crippen molar-refractivity contribution >= 4 is 5.69 Å². The van der Waals surface area contributed by atoms with Gasteiger partial charge in [0.05, 0.1) is 5.69 Å². The summed E-state index contributed by atoms with van der Waals surface area (Å²) in [6, 6.07) is 5.80. The number of rotatable bonds is 3. The average molecular weight is 264 g/mol. The van der Waals surface area contributed by atoms with Gasteiger partial charge < -0.3 is 10.2 Å². The standard InChI is InChI=1S/C16H25FN2/c1-4-12(2)15-11-19(10-6-9-18-15)16-13(3)7-5-8-14(16)17/h5,7-8,12,15,18H,4,6,9-11H2,1-3H3. The van der Waals surface area contributed by atoms with E-state index in [4.69, 9.17) is 0 Å². The Hall–Kier alpha value is -1.09. The van der Waals surface area contributed by atoms with E-state index >= 15 is 0 Å². The molecule has 1 N–H and O–H groups in total. The first-order valence-electron chi connectivity index (χ1n) is 7.37. The van der Waals surface area contributed by atoms with Crippen LogP contribution in [0, 0.1) is 18.7 Å². The Kier molecular flexibility index (Phi) is 4.81. The molecule has 0 amide bonds. The van der Waals surface area contributed by atoms with Gasteiger partial charge in [0.1, 0.15) is 5.82 Å². The average Bonchev–Trinajstić information content (AvgIpc) is 2.64. The van der Waals surface area contributed by atoms with Gasteiger partial charge in [0.15, 0.2) is 0 Å². The Labute approximate surface area is 116 Å². The SMILES string of the molecule is CCC(C)C1CN(c2c(C)cccc2F)CCCN1. The summed E-state index contributed by atoms with van der Waals surface area (Å²) >= 11 is 0. The molecule has 0 saturated carbocycles. The van der Waals surface area contributed by atoms with Gasteiger partial charge in [-0.2, -0.15) is 0 Å². The van der Waals surface area contributed by atoms with Crippen LogP contribution in [0.1, 0.15) is 32.3 Å². The third-order valence-corrected chi connectivity index (χ3v) is 4.26. The van der Waals surface area contributed by atoms with Crippen LogP contribution in [0.4, 0.5) is 10.1 Å². The first-order valence-corrected chi connectivity index (χ1v) is 7.37. The van der Waals surface area contributed by atoms with Gasteiger partial charge >= 0.3 is 0 Å². The molecule has 0 radical (unpaired) electrons. The lowest BCUT2D eigenvalue weighted by Gasteiger charge is -2.30. The van der Waals surface area contributed by atoms with Gasteiger partial charge in [-0.3, -0.25) is 0 Å². The number of anilines is 1. The van der Waals surface area contributed by atoms with Crippen molar-refractivity contribution in [1.82, 2.24) is 5.32 Å². The monoisotopic (exact) mass is 264 g/mol. The number of halogens is 1. The van der Waals surface area contributed by atoms with E-state index in [0.717, 1.165) is 43.7 Å². The molecule has 0 aromatic heterocycles. The molecule has 1 aromatic rings. The van der Waals surface area contributed by atoms with Crippen molar-refractivity contribution in [3.63, 3.8) is 0 Å². The molecule has 0 aliphatic carbocycles. The van der Waals surface area contributed by atoms with Crippen molar-refractivity contribution < 1.29 is 4.39 Å². The maximum absolute atomic E-state index is 14.1. The normalized spacial score (nSPS) is 22.1.